The summed E-state index contributed by atoms with van der Waals surface area (Å²) >= 11 is 0. The van der Waals surface area contributed by atoms with Gasteiger partial charge in [0, 0.05) is 28.8 Å². The summed E-state index contributed by atoms with van der Waals surface area (Å²) in [5, 5.41) is 11.4. The van der Waals surface area contributed by atoms with Crippen molar-refractivity contribution >= 4 is 23.1 Å². The second kappa shape index (κ2) is 8.14. The number of hydrogen-bond donors (Lipinski definition) is 1. The van der Waals surface area contributed by atoms with Gasteiger partial charge in [-0.05, 0) is 80.2 Å². The molecule has 9 heteroatoms. The summed E-state index contributed by atoms with van der Waals surface area (Å²) in [6, 6.07) is 11.8. The molecule has 10 rings (SSSR count). The van der Waals surface area contributed by atoms with Crippen LogP contribution in [0.25, 0.3) is 17.3 Å². The van der Waals surface area contributed by atoms with Crippen LogP contribution in [0.15, 0.2) is 42.6 Å². The maximum absolute atomic E-state index is 15.6. The number of carbonyl (C=O) groups excluding carboxylic acids is 1. The molecule has 9 nitrogen and oxygen atoms in total. The number of fused-ring (bicyclic) bond motifs is 4. The van der Waals surface area contributed by atoms with Crippen LogP contribution >= 0.6 is 0 Å². The Hall–Kier alpha value is -4.63. The first-order chi connectivity index (χ1) is 21.9. The average molecular weight is 605 g/mol. The van der Waals surface area contributed by atoms with Crippen molar-refractivity contribution in [2.24, 2.45) is 5.92 Å². The topological polar surface area (TPSA) is 89.9 Å². The molecule has 5 atom stereocenters. The van der Waals surface area contributed by atoms with Crippen molar-refractivity contribution in [3.05, 3.63) is 70.4 Å². The molecule has 1 N–H and O–H groups in total. The molecule has 2 bridgehead atoms. The third-order valence-electron chi connectivity index (χ3n) is 11.9. The van der Waals surface area contributed by atoms with Crippen LogP contribution in [-0.2, 0) is 16.6 Å². The molecule has 1 saturated heterocycles. The molecule has 0 aromatic heterocycles. The van der Waals surface area contributed by atoms with Crippen LogP contribution in [0.4, 0.5) is 0 Å². The number of benzene rings is 3. The van der Waals surface area contributed by atoms with Gasteiger partial charge in [-0.1, -0.05) is 12.1 Å². The molecule has 45 heavy (non-hydrogen) atoms. The van der Waals surface area contributed by atoms with E-state index in [9.17, 15) is 5.11 Å². The average Bonchev–Trinajstić information content (AvgIpc) is 3.59. The summed E-state index contributed by atoms with van der Waals surface area (Å²) in [5.74, 6) is 2.92. The van der Waals surface area contributed by atoms with Gasteiger partial charge in [0.25, 0.3) is 0 Å². The van der Waals surface area contributed by atoms with Crippen molar-refractivity contribution < 1.29 is 33.6 Å². The van der Waals surface area contributed by atoms with E-state index < -0.39 is 11.6 Å². The maximum atomic E-state index is 15.6. The number of rotatable bonds is 3. The van der Waals surface area contributed by atoms with E-state index in [1.807, 2.05) is 30.3 Å². The van der Waals surface area contributed by atoms with Gasteiger partial charge in [-0.3, -0.25) is 4.79 Å². The standard InChI is InChI=1S/C36H32N2O7/c1-37-14-12-35-20-16-36(34(35)45-32-24(43-4)9-6-18(27(32)35)15-21(20)37)33(40)26-19-7-10-22(41-2)29(39)30(19)44-31-23(42-3)8-5-17-11-13-38(36)28(26)25(17)31/h5-11,13,20-21,34,39H,12,14-16H2,1-4H3/t20-,21-,34?,35-,36-/m1/s1. The fourth-order valence-electron chi connectivity index (χ4n) is 10.1. The Labute approximate surface area is 260 Å². The van der Waals surface area contributed by atoms with Crippen LogP contribution in [0, 0.1) is 5.92 Å². The number of ether oxygens (including phenoxy) is 5. The highest BCUT2D eigenvalue weighted by molar-refractivity contribution is 6.37. The summed E-state index contributed by atoms with van der Waals surface area (Å²) in [7, 11) is 6.99. The predicted octanol–water partition coefficient (Wildman–Crippen LogP) is 4.98. The number of Topliss-reactive ketones (excluding diaryl/α,β-unsaturated/α-hetero) is 1. The van der Waals surface area contributed by atoms with E-state index in [0.29, 0.717) is 34.8 Å². The lowest BCUT2D eigenvalue weighted by atomic mass is 9.58. The molecule has 1 unspecified atom stereocenters. The van der Waals surface area contributed by atoms with Gasteiger partial charge in [0.05, 0.1) is 38.2 Å². The Morgan fingerprint density at radius 1 is 0.956 bits per heavy atom. The molecule has 1 saturated carbocycles. The van der Waals surface area contributed by atoms with Crippen LogP contribution in [0.2, 0.25) is 0 Å². The van der Waals surface area contributed by atoms with Gasteiger partial charge < -0.3 is 38.6 Å². The Balaban J connectivity index is 1.27. The van der Waals surface area contributed by atoms with E-state index >= 15 is 4.79 Å². The number of methoxy groups -OCH3 is 3. The highest BCUT2D eigenvalue weighted by Crippen LogP contribution is 2.72. The molecule has 7 aliphatic rings. The highest BCUT2D eigenvalue weighted by Gasteiger charge is 2.78. The molecule has 5 heterocycles. The number of carbonyl (C=O) groups is 1. The number of phenolic OH excluding ortho intramolecular Hbond substituents is 1. The minimum absolute atomic E-state index is 0.0181. The Morgan fingerprint density at radius 3 is 2.51 bits per heavy atom. The fraction of sp³-hybridized carbons (Fsp3) is 0.361. The van der Waals surface area contributed by atoms with E-state index in [0.717, 1.165) is 42.0 Å². The summed E-state index contributed by atoms with van der Waals surface area (Å²) < 4.78 is 30.8. The Morgan fingerprint density at radius 2 is 1.71 bits per heavy atom. The molecule has 2 aliphatic carbocycles. The smallest absolute Gasteiger partial charge is 0.202 e. The highest BCUT2D eigenvalue weighted by atomic mass is 16.5. The molecule has 5 aliphatic heterocycles. The SMILES string of the molecule is COc1ccc2c(c1O)Oc1c(OC)ccc3c1C1=C2C(=O)[C@@]2(C[C@@H]4[C@H]5Cc6ccc(OC)c7c6[C@]4(CCN5C)C2O7)N1C=C3. The summed E-state index contributed by atoms with van der Waals surface area (Å²) in [6.45, 7) is 0.929. The summed E-state index contributed by atoms with van der Waals surface area (Å²) in [6.07, 6.45) is 6.11. The van der Waals surface area contributed by atoms with Crippen LogP contribution in [0.5, 0.6) is 40.2 Å². The monoisotopic (exact) mass is 604 g/mol. The second-order valence-electron chi connectivity index (χ2n) is 13.3. The van der Waals surface area contributed by atoms with Gasteiger partial charge in [-0.25, -0.2) is 0 Å². The van der Waals surface area contributed by atoms with Crippen molar-refractivity contribution in [2.45, 2.75) is 42.4 Å². The molecule has 3 aromatic rings. The van der Waals surface area contributed by atoms with E-state index in [1.54, 1.807) is 20.3 Å². The van der Waals surface area contributed by atoms with E-state index in [2.05, 4.69) is 29.1 Å². The zero-order valence-corrected chi connectivity index (χ0v) is 25.5. The number of piperidine rings is 1. The molecule has 3 aromatic carbocycles. The molecule has 2 fully saturated rings. The number of likely N-dealkylation sites (N-methyl/N-ethyl adjacent to an activating group) is 1. The molecule has 0 radical (unpaired) electrons. The molecule has 2 spiro atoms. The van der Waals surface area contributed by atoms with Crippen molar-refractivity contribution in [1.29, 1.82) is 0 Å². The minimum atomic E-state index is -1.02. The van der Waals surface area contributed by atoms with Crippen LogP contribution in [-0.4, -0.2) is 73.3 Å². The van der Waals surface area contributed by atoms with E-state index in [1.165, 1.54) is 18.2 Å². The van der Waals surface area contributed by atoms with Crippen LogP contribution in [0.1, 0.15) is 40.7 Å². The zero-order valence-electron chi connectivity index (χ0n) is 25.5. The largest absolute Gasteiger partial charge is 0.502 e. The molecule has 0 amide bonds. The first kappa shape index (κ1) is 25.7. The fourth-order valence-corrected chi connectivity index (χ4v) is 10.1. The first-order valence-electron chi connectivity index (χ1n) is 15.5. The van der Waals surface area contributed by atoms with Crippen molar-refractivity contribution in [3.63, 3.8) is 0 Å². The second-order valence-corrected chi connectivity index (χ2v) is 13.3. The van der Waals surface area contributed by atoms with Gasteiger partial charge in [0.15, 0.2) is 40.3 Å². The lowest BCUT2D eigenvalue weighted by Gasteiger charge is -2.52. The zero-order chi connectivity index (χ0) is 30.6. The number of nitrogens with zero attached hydrogens (tertiary/aromatic N) is 2. The van der Waals surface area contributed by atoms with Crippen LogP contribution in [0.3, 0.4) is 0 Å². The van der Waals surface area contributed by atoms with Crippen molar-refractivity contribution in [2.75, 3.05) is 34.9 Å². The van der Waals surface area contributed by atoms with Crippen LogP contribution < -0.4 is 23.7 Å². The first-order valence-corrected chi connectivity index (χ1v) is 15.5. The lowest BCUT2D eigenvalue weighted by molar-refractivity contribution is -0.125. The number of likely N-dealkylation sites (tertiary alicyclic amines) is 1. The Bertz CT molecular complexity index is 1980. The van der Waals surface area contributed by atoms with E-state index in [4.69, 9.17) is 23.7 Å². The molecule has 228 valence electrons. The predicted molar refractivity (Wildman–Crippen MR) is 165 cm³/mol. The number of ketones is 1. The van der Waals surface area contributed by atoms with Gasteiger partial charge >= 0.3 is 0 Å². The minimum Gasteiger partial charge on any atom is -0.502 e. The van der Waals surface area contributed by atoms with Crippen molar-refractivity contribution in [1.82, 2.24) is 9.80 Å². The van der Waals surface area contributed by atoms with E-state index in [-0.39, 0.29) is 40.4 Å². The third-order valence-corrected chi connectivity index (χ3v) is 11.9. The quantitative estimate of drug-likeness (QED) is 0.445. The van der Waals surface area contributed by atoms with Crippen molar-refractivity contribution in [3.8, 4) is 40.2 Å². The maximum Gasteiger partial charge on any atom is 0.202 e. The van der Waals surface area contributed by atoms with Gasteiger partial charge in [-0.15, -0.1) is 0 Å². The van der Waals surface area contributed by atoms with Gasteiger partial charge in [-0.2, -0.15) is 0 Å². The molecular formula is C36H32N2O7. The third kappa shape index (κ3) is 2.64. The van der Waals surface area contributed by atoms with Gasteiger partial charge in [0.1, 0.15) is 11.6 Å². The number of phenols is 1. The summed E-state index contributed by atoms with van der Waals surface area (Å²) in [4.78, 5) is 20.3. The molecular weight excluding hydrogens is 572 g/mol. The number of hydrogen-bond acceptors (Lipinski definition) is 9. The summed E-state index contributed by atoms with van der Waals surface area (Å²) in [5.41, 5.74) is 4.66. The lowest BCUT2D eigenvalue weighted by Crippen LogP contribution is -2.61. The normalized spacial score (nSPS) is 30.4. The van der Waals surface area contributed by atoms with Gasteiger partial charge in [0.2, 0.25) is 5.75 Å². The number of aromatic hydroxyl groups is 1. The Kier molecular flexibility index (Phi) is 4.65.